The monoisotopic (exact) mass is 284 g/mol. The molecule has 0 aliphatic rings. The van der Waals surface area contributed by atoms with Crippen LogP contribution in [-0.2, 0) is 4.79 Å². The highest BCUT2D eigenvalue weighted by molar-refractivity contribution is 5.91. The average Bonchev–Trinajstić information content (AvgIpc) is 2.43. The van der Waals surface area contributed by atoms with Gasteiger partial charge in [-0.2, -0.15) is 0 Å². The molecule has 4 nitrogen and oxygen atoms in total. The Balaban J connectivity index is 1.83. The number of nitrogens with two attached hydrogens (primary N) is 1. The highest BCUT2D eigenvalue weighted by Crippen LogP contribution is 2.20. The first-order chi connectivity index (χ1) is 10.1. The molecule has 2 aromatic carbocycles. The second kappa shape index (κ2) is 6.79. The largest absolute Gasteiger partial charge is 0.493 e. The van der Waals surface area contributed by atoms with E-state index in [1.807, 2.05) is 32.0 Å². The fourth-order valence-electron chi connectivity index (χ4n) is 1.97. The molecular formula is C17H20N2O2. The van der Waals surface area contributed by atoms with Crippen LogP contribution in [0, 0.1) is 13.8 Å². The number of ether oxygens (including phenoxy) is 1. The summed E-state index contributed by atoms with van der Waals surface area (Å²) in [7, 11) is 0. The van der Waals surface area contributed by atoms with Crippen molar-refractivity contribution in [2.75, 3.05) is 17.7 Å². The number of hydrogen-bond acceptors (Lipinski definition) is 3. The van der Waals surface area contributed by atoms with Crippen LogP contribution < -0.4 is 15.8 Å². The molecule has 0 saturated carbocycles. The van der Waals surface area contributed by atoms with Crippen LogP contribution >= 0.6 is 0 Å². The quantitative estimate of drug-likeness (QED) is 0.828. The number of carbonyl (C=O) groups is 1. The summed E-state index contributed by atoms with van der Waals surface area (Å²) in [4.78, 5) is 11.8. The third kappa shape index (κ3) is 4.24. The third-order valence-corrected chi connectivity index (χ3v) is 3.31. The smallest absolute Gasteiger partial charge is 0.227 e. The van der Waals surface area contributed by atoms with Gasteiger partial charge in [0.1, 0.15) is 5.75 Å². The molecule has 110 valence electrons. The standard InChI is InChI=1S/C17H20N2O2/c1-12-5-3-8-16(13(12)2)21-10-9-17(20)19-15-7-4-6-14(18)11-15/h3-8,11H,9-10,18H2,1-2H3,(H,19,20). The summed E-state index contributed by atoms with van der Waals surface area (Å²) < 4.78 is 5.66. The molecule has 0 saturated heterocycles. The van der Waals surface area contributed by atoms with E-state index >= 15 is 0 Å². The second-order valence-corrected chi connectivity index (χ2v) is 4.97. The van der Waals surface area contributed by atoms with Gasteiger partial charge >= 0.3 is 0 Å². The lowest BCUT2D eigenvalue weighted by Crippen LogP contribution is -2.15. The Kier molecular flexibility index (Phi) is 4.82. The minimum absolute atomic E-state index is 0.0918. The Bertz CT molecular complexity index is 638. The first kappa shape index (κ1) is 14.9. The molecule has 0 spiro atoms. The number of hydrogen-bond donors (Lipinski definition) is 2. The van der Waals surface area contributed by atoms with Crippen molar-refractivity contribution >= 4 is 17.3 Å². The SMILES string of the molecule is Cc1cccc(OCCC(=O)Nc2cccc(N)c2)c1C. The number of rotatable bonds is 5. The zero-order valence-corrected chi connectivity index (χ0v) is 12.3. The van der Waals surface area contributed by atoms with E-state index in [-0.39, 0.29) is 5.91 Å². The van der Waals surface area contributed by atoms with E-state index in [4.69, 9.17) is 10.5 Å². The number of aryl methyl sites for hydroxylation is 1. The number of amides is 1. The number of benzene rings is 2. The highest BCUT2D eigenvalue weighted by Gasteiger charge is 2.05. The minimum atomic E-state index is -0.0918. The molecule has 0 heterocycles. The molecule has 0 unspecified atom stereocenters. The molecule has 3 N–H and O–H groups in total. The molecule has 2 aromatic rings. The molecule has 0 aliphatic carbocycles. The van der Waals surface area contributed by atoms with Crippen molar-refractivity contribution in [1.29, 1.82) is 0 Å². The van der Waals surface area contributed by atoms with Gasteiger partial charge in [0.2, 0.25) is 5.91 Å². The van der Waals surface area contributed by atoms with Crippen LogP contribution in [0.4, 0.5) is 11.4 Å². The molecule has 0 bridgehead atoms. The number of anilines is 2. The molecule has 0 radical (unpaired) electrons. The predicted molar refractivity (Wildman–Crippen MR) is 85.5 cm³/mol. The van der Waals surface area contributed by atoms with Crippen LogP contribution in [0.25, 0.3) is 0 Å². The second-order valence-electron chi connectivity index (χ2n) is 4.97. The Morgan fingerprint density at radius 1 is 1.19 bits per heavy atom. The van der Waals surface area contributed by atoms with E-state index in [0.717, 1.165) is 11.3 Å². The van der Waals surface area contributed by atoms with Crippen molar-refractivity contribution in [1.82, 2.24) is 0 Å². The van der Waals surface area contributed by atoms with E-state index in [1.165, 1.54) is 5.56 Å². The van der Waals surface area contributed by atoms with Crippen molar-refractivity contribution in [2.24, 2.45) is 0 Å². The summed E-state index contributed by atoms with van der Waals surface area (Å²) in [6.07, 6.45) is 0.294. The Morgan fingerprint density at radius 2 is 1.95 bits per heavy atom. The van der Waals surface area contributed by atoms with E-state index in [9.17, 15) is 4.79 Å². The van der Waals surface area contributed by atoms with Crippen LogP contribution in [0.15, 0.2) is 42.5 Å². The van der Waals surface area contributed by atoms with Gasteiger partial charge in [0.05, 0.1) is 13.0 Å². The molecule has 2 rings (SSSR count). The lowest BCUT2D eigenvalue weighted by atomic mass is 10.1. The average molecular weight is 284 g/mol. The van der Waals surface area contributed by atoms with Gasteiger partial charge in [0.15, 0.2) is 0 Å². The zero-order chi connectivity index (χ0) is 15.2. The summed E-state index contributed by atoms with van der Waals surface area (Å²) in [5, 5.41) is 2.80. The normalized spacial score (nSPS) is 10.2. The molecule has 0 fully saturated rings. The third-order valence-electron chi connectivity index (χ3n) is 3.31. The van der Waals surface area contributed by atoms with Crippen LogP contribution in [0.5, 0.6) is 5.75 Å². The van der Waals surface area contributed by atoms with Gasteiger partial charge in [0.25, 0.3) is 0 Å². The van der Waals surface area contributed by atoms with E-state index in [1.54, 1.807) is 24.3 Å². The predicted octanol–water partition coefficient (Wildman–Crippen LogP) is 3.29. The Morgan fingerprint density at radius 3 is 2.71 bits per heavy atom. The molecule has 0 aromatic heterocycles. The van der Waals surface area contributed by atoms with E-state index in [0.29, 0.717) is 24.4 Å². The first-order valence-electron chi connectivity index (χ1n) is 6.90. The van der Waals surface area contributed by atoms with Crippen molar-refractivity contribution < 1.29 is 9.53 Å². The van der Waals surface area contributed by atoms with Gasteiger partial charge in [-0.3, -0.25) is 4.79 Å². The zero-order valence-electron chi connectivity index (χ0n) is 12.3. The topological polar surface area (TPSA) is 64.3 Å². The van der Waals surface area contributed by atoms with Gasteiger partial charge in [-0.25, -0.2) is 0 Å². The summed E-state index contributed by atoms with van der Waals surface area (Å²) in [5.41, 5.74) is 9.27. The number of carbonyl (C=O) groups excluding carboxylic acids is 1. The molecule has 21 heavy (non-hydrogen) atoms. The Labute approximate surface area is 124 Å². The summed E-state index contributed by atoms with van der Waals surface area (Å²) in [6.45, 7) is 4.39. The lowest BCUT2D eigenvalue weighted by Gasteiger charge is -2.11. The van der Waals surface area contributed by atoms with Crippen molar-refractivity contribution in [2.45, 2.75) is 20.3 Å². The maximum Gasteiger partial charge on any atom is 0.227 e. The Hall–Kier alpha value is -2.49. The van der Waals surface area contributed by atoms with Crippen LogP contribution in [0.2, 0.25) is 0 Å². The molecule has 4 heteroatoms. The molecule has 0 aliphatic heterocycles. The van der Waals surface area contributed by atoms with Gasteiger partial charge in [0, 0.05) is 11.4 Å². The van der Waals surface area contributed by atoms with Crippen molar-refractivity contribution in [3.05, 3.63) is 53.6 Å². The van der Waals surface area contributed by atoms with Crippen molar-refractivity contribution in [3.63, 3.8) is 0 Å². The summed E-state index contributed by atoms with van der Waals surface area (Å²) in [6, 6.07) is 13.0. The molecule has 0 atom stereocenters. The summed E-state index contributed by atoms with van der Waals surface area (Å²) in [5.74, 6) is 0.734. The van der Waals surface area contributed by atoms with E-state index in [2.05, 4.69) is 5.32 Å². The van der Waals surface area contributed by atoms with Gasteiger partial charge in [-0.15, -0.1) is 0 Å². The number of nitrogens with one attached hydrogen (secondary N) is 1. The minimum Gasteiger partial charge on any atom is -0.493 e. The summed E-state index contributed by atoms with van der Waals surface area (Å²) >= 11 is 0. The van der Waals surface area contributed by atoms with Gasteiger partial charge in [-0.05, 0) is 49.2 Å². The van der Waals surface area contributed by atoms with Crippen LogP contribution in [0.3, 0.4) is 0 Å². The first-order valence-corrected chi connectivity index (χ1v) is 6.90. The number of nitrogen functional groups attached to an aromatic ring is 1. The fourth-order valence-corrected chi connectivity index (χ4v) is 1.97. The van der Waals surface area contributed by atoms with Crippen molar-refractivity contribution in [3.8, 4) is 5.75 Å². The maximum atomic E-state index is 11.8. The maximum absolute atomic E-state index is 11.8. The van der Waals surface area contributed by atoms with Gasteiger partial charge < -0.3 is 15.8 Å². The van der Waals surface area contributed by atoms with Gasteiger partial charge in [-0.1, -0.05) is 18.2 Å². The van der Waals surface area contributed by atoms with Crippen LogP contribution in [0.1, 0.15) is 17.5 Å². The molecule has 1 amide bonds. The highest BCUT2D eigenvalue weighted by atomic mass is 16.5. The van der Waals surface area contributed by atoms with Crippen LogP contribution in [-0.4, -0.2) is 12.5 Å². The molecular weight excluding hydrogens is 264 g/mol. The fraction of sp³-hybridized carbons (Fsp3) is 0.235. The van der Waals surface area contributed by atoms with E-state index < -0.39 is 0 Å². The lowest BCUT2D eigenvalue weighted by molar-refractivity contribution is -0.116.